The molecule has 0 saturated carbocycles. The predicted octanol–water partition coefficient (Wildman–Crippen LogP) is 4.46. The van der Waals surface area contributed by atoms with Gasteiger partial charge in [-0.2, -0.15) is 5.10 Å². The fourth-order valence-electron chi connectivity index (χ4n) is 3.47. The lowest BCUT2D eigenvalue weighted by atomic mass is 9.94. The minimum atomic E-state index is -0.789. The number of aromatic nitrogens is 2. The van der Waals surface area contributed by atoms with Crippen LogP contribution in [0.25, 0.3) is 0 Å². The maximum Gasteiger partial charge on any atom is 0.359 e. The van der Waals surface area contributed by atoms with E-state index in [1.165, 1.54) is 16.8 Å². The summed E-state index contributed by atoms with van der Waals surface area (Å²) in [7, 11) is 0. The van der Waals surface area contributed by atoms with Gasteiger partial charge >= 0.3 is 5.97 Å². The molecule has 0 saturated heterocycles. The molecular formula is C25H25Cl2N3O4. The van der Waals surface area contributed by atoms with Crippen molar-refractivity contribution in [2.45, 2.75) is 32.2 Å². The zero-order valence-electron chi connectivity index (χ0n) is 18.7. The molecule has 0 bridgehead atoms. The number of hydrogen-bond acceptors (Lipinski definition) is 5. The topological polar surface area (TPSA) is 90.3 Å². The molecule has 2 aromatic carbocycles. The summed E-state index contributed by atoms with van der Waals surface area (Å²) in [5.74, 6) is -1.24. The van der Waals surface area contributed by atoms with Crippen LogP contribution < -0.4 is 10.9 Å². The Balaban J connectivity index is 1.56. The van der Waals surface area contributed by atoms with Gasteiger partial charge in [0.25, 0.3) is 11.5 Å². The molecule has 178 valence electrons. The Hall–Kier alpha value is -3.16. The number of benzene rings is 2. The number of halogens is 2. The first-order valence-corrected chi connectivity index (χ1v) is 11.6. The second kappa shape index (κ2) is 12.3. The molecule has 1 aromatic heterocycles. The van der Waals surface area contributed by atoms with Crippen molar-refractivity contribution in [1.29, 1.82) is 0 Å². The van der Waals surface area contributed by atoms with Gasteiger partial charge in [0.05, 0.1) is 6.54 Å². The van der Waals surface area contributed by atoms with Gasteiger partial charge in [0, 0.05) is 28.6 Å². The van der Waals surface area contributed by atoms with E-state index >= 15 is 0 Å². The van der Waals surface area contributed by atoms with Crippen LogP contribution in [0.5, 0.6) is 0 Å². The van der Waals surface area contributed by atoms with Crippen molar-refractivity contribution in [3.63, 3.8) is 0 Å². The van der Waals surface area contributed by atoms with Crippen LogP contribution in [0.3, 0.4) is 0 Å². The van der Waals surface area contributed by atoms with E-state index in [4.69, 9.17) is 27.9 Å². The third-order valence-electron chi connectivity index (χ3n) is 5.17. The molecular weight excluding hydrogens is 477 g/mol. The quantitative estimate of drug-likeness (QED) is 0.414. The minimum Gasteiger partial charge on any atom is -0.451 e. The van der Waals surface area contributed by atoms with Crippen molar-refractivity contribution in [1.82, 2.24) is 15.1 Å². The Labute approximate surface area is 207 Å². The summed E-state index contributed by atoms with van der Waals surface area (Å²) < 4.78 is 6.28. The van der Waals surface area contributed by atoms with Crippen LogP contribution in [0.1, 0.15) is 47.3 Å². The van der Waals surface area contributed by atoms with E-state index in [-0.39, 0.29) is 23.7 Å². The lowest BCUT2D eigenvalue weighted by molar-refractivity contribution is -0.124. The van der Waals surface area contributed by atoms with Gasteiger partial charge in [0.15, 0.2) is 12.3 Å². The molecule has 0 aliphatic rings. The average molecular weight is 502 g/mol. The first-order chi connectivity index (χ1) is 16.4. The number of esters is 1. The fourth-order valence-corrected chi connectivity index (χ4v) is 4.03. The summed E-state index contributed by atoms with van der Waals surface area (Å²) in [6.45, 7) is 2.13. The highest BCUT2D eigenvalue weighted by Crippen LogP contribution is 2.30. The normalized spacial score (nSPS) is 11.6. The van der Waals surface area contributed by atoms with E-state index in [9.17, 15) is 14.4 Å². The molecule has 0 aliphatic carbocycles. The molecule has 3 aromatic rings. The average Bonchev–Trinajstić information content (AvgIpc) is 2.82. The molecule has 0 aliphatic heterocycles. The Bertz CT molecular complexity index is 1200. The van der Waals surface area contributed by atoms with E-state index in [2.05, 4.69) is 10.4 Å². The highest BCUT2D eigenvalue weighted by molar-refractivity contribution is 6.35. The molecule has 1 heterocycles. The van der Waals surface area contributed by atoms with Crippen molar-refractivity contribution in [3.05, 3.63) is 97.9 Å². The number of nitrogens with zero attached hydrogens (tertiary/aromatic N) is 2. The zero-order chi connectivity index (χ0) is 24.5. The highest BCUT2D eigenvalue weighted by atomic mass is 35.5. The van der Waals surface area contributed by atoms with Crippen LogP contribution in [0.15, 0.2) is 65.5 Å². The Morgan fingerprint density at radius 3 is 2.56 bits per heavy atom. The Kier molecular flexibility index (Phi) is 9.24. The van der Waals surface area contributed by atoms with E-state index in [1.54, 1.807) is 12.1 Å². The Morgan fingerprint density at radius 2 is 1.85 bits per heavy atom. The SMILES string of the molecule is CCCC(CNC(=O)COC(=O)c1ccc(=O)n(Cc2ccccc2)n1)c1ccc(Cl)cc1Cl. The van der Waals surface area contributed by atoms with Crippen LogP contribution in [0.4, 0.5) is 0 Å². The van der Waals surface area contributed by atoms with Gasteiger partial charge in [-0.05, 0) is 35.7 Å². The van der Waals surface area contributed by atoms with Crippen LogP contribution in [0, 0.1) is 0 Å². The van der Waals surface area contributed by atoms with Gasteiger partial charge < -0.3 is 10.1 Å². The summed E-state index contributed by atoms with van der Waals surface area (Å²) in [4.78, 5) is 36.8. The van der Waals surface area contributed by atoms with Gasteiger partial charge in [-0.3, -0.25) is 9.59 Å². The van der Waals surface area contributed by atoms with Crippen molar-refractivity contribution in [3.8, 4) is 0 Å². The lowest BCUT2D eigenvalue weighted by Crippen LogP contribution is -2.33. The van der Waals surface area contributed by atoms with Crippen molar-refractivity contribution in [2.24, 2.45) is 0 Å². The van der Waals surface area contributed by atoms with Crippen molar-refractivity contribution < 1.29 is 14.3 Å². The van der Waals surface area contributed by atoms with Crippen LogP contribution in [-0.2, 0) is 16.1 Å². The van der Waals surface area contributed by atoms with Crippen LogP contribution in [0.2, 0.25) is 10.0 Å². The van der Waals surface area contributed by atoms with E-state index in [0.29, 0.717) is 16.6 Å². The molecule has 1 atom stereocenters. The molecule has 1 unspecified atom stereocenters. The minimum absolute atomic E-state index is 0.00220. The third kappa shape index (κ3) is 7.17. The maximum absolute atomic E-state index is 12.4. The van der Waals surface area contributed by atoms with Crippen LogP contribution in [-0.4, -0.2) is 34.8 Å². The number of carbonyl (C=O) groups is 2. The van der Waals surface area contributed by atoms with E-state index in [1.807, 2.05) is 43.3 Å². The number of ether oxygens (including phenoxy) is 1. The predicted molar refractivity (Wildman–Crippen MR) is 131 cm³/mol. The largest absolute Gasteiger partial charge is 0.451 e. The molecule has 9 heteroatoms. The molecule has 0 radical (unpaired) electrons. The summed E-state index contributed by atoms with van der Waals surface area (Å²) >= 11 is 12.3. The van der Waals surface area contributed by atoms with Gasteiger partial charge in [-0.15, -0.1) is 0 Å². The van der Waals surface area contributed by atoms with Gasteiger partial charge in [0.2, 0.25) is 0 Å². The standard InChI is InChI=1S/C25H25Cl2N3O4/c1-2-6-18(20-10-9-19(26)13-21(20)27)14-28-23(31)16-34-25(33)22-11-12-24(32)30(29-22)15-17-7-4-3-5-8-17/h3-5,7-13,18H,2,6,14-16H2,1H3,(H,28,31). The molecule has 1 N–H and O–H groups in total. The highest BCUT2D eigenvalue weighted by Gasteiger charge is 2.17. The number of amides is 1. The fraction of sp³-hybridized carbons (Fsp3) is 0.280. The number of carbonyl (C=O) groups excluding carboxylic acids is 2. The van der Waals surface area contributed by atoms with E-state index in [0.717, 1.165) is 24.0 Å². The summed E-state index contributed by atoms with van der Waals surface area (Å²) in [5.41, 5.74) is 1.36. The number of hydrogen-bond donors (Lipinski definition) is 1. The molecule has 0 fully saturated rings. The molecule has 1 amide bonds. The first kappa shape index (κ1) is 25.5. The molecule has 0 spiro atoms. The van der Waals surface area contributed by atoms with Gasteiger partial charge in [-0.25, -0.2) is 9.48 Å². The van der Waals surface area contributed by atoms with Crippen molar-refractivity contribution in [2.75, 3.05) is 13.2 Å². The lowest BCUT2D eigenvalue weighted by Gasteiger charge is -2.19. The number of nitrogens with one attached hydrogen (secondary N) is 1. The molecule has 7 nitrogen and oxygen atoms in total. The van der Waals surface area contributed by atoms with E-state index < -0.39 is 18.5 Å². The smallest absolute Gasteiger partial charge is 0.359 e. The third-order valence-corrected chi connectivity index (χ3v) is 5.73. The second-order valence-corrected chi connectivity index (χ2v) is 8.58. The molecule has 34 heavy (non-hydrogen) atoms. The zero-order valence-corrected chi connectivity index (χ0v) is 20.2. The summed E-state index contributed by atoms with van der Waals surface area (Å²) in [5, 5.41) is 7.95. The summed E-state index contributed by atoms with van der Waals surface area (Å²) in [6.07, 6.45) is 1.72. The first-order valence-electron chi connectivity index (χ1n) is 10.9. The maximum atomic E-state index is 12.4. The van der Waals surface area contributed by atoms with Crippen LogP contribution >= 0.6 is 23.2 Å². The second-order valence-electron chi connectivity index (χ2n) is 7.73. The van der Waals surface area contributed by atoms with Gasteiger partial charge in [-0.1, -0.05) is 72.9 Å². The monoisotopic (exact) mass is 501 g/mol. The van der Waals surface area contributed by atoms with Gasteiger partial charge in [0.1, 0.15) is 0 Å². The Morgan fingerprint density at radius 1 is 1.09 bits per heavy atom. The molecule has 3 rings (SSSR count). The number of rotatable bonds is 10. The van der Waals surface area contributed by atoms with Crippen molar-refractivity contribution >= 4 is 35.1 Å². The summed E-state index contributed by atoms with van der Waals surface area (Å²) in [6, 6.07) is 17.1.